The fraction of sp³-hybridized carbons (Fsp3) is 0.571. The summed E-state index contributed by atoms with van der Waals surface area (Å²) in [5.74, 6) is -0.195. The molecule has 0 spiro atoms. The summed E-state index contributed by atoms with van der Waals surface area (Å²) >= 11 is 0. The molecule has 0 aromatic heterocycles. The number of methoxy groups -OCH3 is 1. The summed E-state index contributed by atoms with van der Waals surface area (Å²) < 4.78 is 60.2. The van der Waals surface area contributed by atoms with Crippen LogP contribution >= 0.6 is 0 Å². The van der Waals surface area contributed by atoms with Crippen molar-refractivity contribution >= 4 is 15.7 Å². The zero-order valence-electron chi connectivity index (χ0n) is 13.0. The zero-order chi connectivity index (χ0) is 17.0. The quantitative estimate of drug-likeness (QED) is 0.827. The van der Waals surface area contributed by atoms with Crippen LogP contribution in [0.4, 0.5) is 14.5 Å². The second-order valence-electron chi connectivity index (χ2n) is 5.98. The van der Waals surface area contributed by atoms with Gasteiger partial charge >= 0.3 is 6.61 Å². The molecule has 1 rings (SSSR count). The standard InChI is InChI=1S/C14H21F2NO4S/c1-14(2,3)7-8-22(18,19)17-10-5-6-11(20-4)12(9-10)21-13(15)16/h5-6,9,13,17H,7-8H2,1-4H3. The first kappa shape index (κ1) is 18.5. The minimum Gasteiger partial charge on any atom is -0.493 e. The Morgan fingerprint density at radius 1 is 1.23 bits per heavy atom. The summed E-state index contributed by atoms with van der Waals surface area (Å²) in [5, 5.41) is 0. The van der Waals surface area contributed by atoms with Gasteiger partial charge < -0.3 is 9.47 Å². The molecule has 0 atom stereocenters. The molecule has 0 aliphatic rings. The van der Waals surface area contributed by atoms with Crippen LogP contribution in [-0.2, 0) is 10.0 Å². The Morgan fingerprint density at radius 3 is 2.36 bits per heavy atom. The summed E-state index contributed by atoms with van der Waals surface area (Å²) in [5.41, 5.74) is 0.0175. The molecule has 8 heteroatoms. The average molecular weight is 337 g/mol. The molecule has 0 fully saturated rings. The Balaban J connectivity index is 2.89. The fourth-order valence-electron chi connectivity index (χ4n) is 1.60. The minimum atomic E-state index is -3.57. The lowest BCUT2D eigenvalue weighted by Gasteiger charge is -2.18. The molecule has 1 aromatic carbocycles. The fourth-order valence-corrected chi connectivity index (χ4v) is 3.07. The third-order valence-electron chi connectivity index (χ3n) is 2.77. The van der Waals surface area contributed by atoms with E-state index in [0.29, 0.717) is 6.42 Å². The van der Waals surface area contributed by atoms with E-state index in [-0.39, 0.29) is 28.4 Å². The normalized spacial score (nSPS) is 12.3. The van der Waals surface area contributed by atoms with Gasteiger partial charge in [-0.05, 0) is 24.0 Å². The maximum atomic E-state index is 12.3. The van der Waals surface area contributed by atoms with Crippen LogP contribution in [0.15, 0.2) is 18.2 Å². The summed E-state index contributed by atoms with van der Waals surface area (Å²) in [7, 11) is -2.26. The number of anilines is 1. The molecule has 0 bridgehead atoms. The Labute approximate surface area is 129 Å². The molecule has 0 saturated heterocycles. The highest BCUT2D eigenvalue weighted by molar-refractivity contribution is 7.92. The van der Waals surface area contributed by atoms with E-state index in [1.54, 1.807) is 0 Å². The molecule has 0 unspecified atom stereocenters. The Bertz CT molecular complexity index is 597. The van der Waals surface area contributed by atoms with Crippen molar-refractivity contribution in [1.82, 2.24) is 0 Å². The van der Waals surface area contributed by atoms with Gasteiger partial charge in [0.15, 0.2) is 11.5 Å². The van der Waals surface area contributed by atoms with Gasteiger partial charge in [0.1, 0.15) is 0 Å². The second-order valence-corrected chi connectivity index (χ2v) is 7.82. The number of rotatable bonds is 7. The molecule has 0 saturated carbocycles. The van der Waals surface area contributed by atoms with Gasteiger partial charge in [-0.3, -0.25) is 4.72 Å². The lowest BCUT2D eigenvalue weighted by Crippen LogP contribution is -2.21. The van der Waals surface area contributed by atoms with Crippen LogP contribution in [0, 0.1) is 5.41 Å². The molecule has 0 radical (unpaired) electrons. The van der Waals surface area contributed by atoms with Crippen molar-refractivity contribution in [3.05, 3.63) is 18.2 Å². The van der Waals surface area contributed by atoms with Gasteiger partial charge in [-0.1, -0.05) is 20.8 Å². The van der Waals surface area contributed by atoms with Gasteiger partial charge in [0.25, 0.3) is 0 Å². The molecule has 22 heavy (non-hydrogen) atoms. The van der Waals surface area contributed by atoms with E-state index in [9.17, 15) is 17.2 Å². The van der Waals surface area contributed by atoms with E-state index < -0.39 is 16.6 Å². The third kappa shape index (κ3) is 6.46. The van der Waals surface area contributed by atoms with Gasteiger partial charge in [-0.25, -0.2) is 8.42 Å². The van der Waals surface area contributed by atoms with E-state index in [4.69, 9.17) is 4.74 Å². The highest BCUT2D eigenvalue weighted by Crippen LogP contribution is 2.32. The molecule has 126 valence electrons. The highest BCUT2D eigenvalue weighted by Gasteiger charge is 2.18. The molecule has 0 aliphatic carbocycles. The van der Waals surface area contributed by atoms with Gasteiger partial charge in [-0.2, -0.15) is 8.78 Å². The van der Waals surface area contributed by atoms with E-state index in [2.05, 4.69) is 9.46 Å². The van der Waals surface area contributed by atoms with Gasteiger partial charge in [0.2, 0.25) is 10.0 Å². The Kier molecular flexibility index (Phi) is 5.99. The number of sulfonamides is 1. The molecule has 0 amide bonds. The van der Waals surface area contributed by atoms with Gasteiger partial charge in [-0.15, -0.1) is 0 Å². The summed E-state index contributed by atoms with van der Waals surface area (Å²) in [6.07, 6.45) is 0.471. The van der Waals surface area contributed by atoms with E-state index in [0.717, 1.165) is 0 Å². The second kappa shape index (κ2) is 7.13. The van der Waals surface area contributed by atoms with Crippen molar-refractivity contribution in [2.75, 3.05) is 17.6 Å². The van der Waals surface area contributed by atoms with Crippen molar-refractivity contribution in [2.45, 2.75) is 33.8 Å². The predicted octanol–water partition coefficient (Wildman–Crippen LogP) is 3.47. The number of halogens is 2. The number of benzene rings is 1. The number of alkyl halides is 2. The number of nitrogens with one attached hydrogen (secondary N) is 1. The first-order chi connectivity index (χ1) is 10.0. The SMILES string of the molecule is COc1ccc(NS(=O)(=O)CCC(C)(C)C)cc1OC(F)F. The molecular weight excluding hydrogens is 316 g/mol. The van der Waals surface area contributed by atoms with Gasteiger partial charge in [0.05, 0.1) is 18.6 Å². The van der Waals surface area contributed by atoms with Crippen molar-refractivity contribution in [2.24, 2.45) is 5.41 Å². The van der Waals surface area contributed by atoms with Crippen LogP contribution in [-0.4, -0.2) is 27.9 Å². The molecule has 1 N–H and O–H groups in total. The predicted molar refractivity (Wildman–Crippen MR) is 81.1 cm³/mol. The lowest BCUT2D eigenvalue weighted by molar-refractivity contribution is -0.0511. The number of hydrogen-bond donors (Lipinski definition) is 1. The first-order valence-electron chi connectivity index (χ1n) is 6.66. The molecule has 0 heterocycles. The molecule has 1 aromatic rings. The van der Waals surface area contributed by atoms with Crippen molar-refractivity contribution < 1.29 is 26.7 Å². The number of ether oxygens (including phenoxy) is 2. The van der Waals surface area contributed by atoms with E-state index in [1.807, 2.05) is 20.8 Å². The van der Waals surface area contributed by atoms with Crippen LogP contribution in [0.3, 0.4) is 0 Å². The van der Waals surface area contributed by atoms with Crippen LogP contribution < -0.4 is 14.2 Å². The van der Waals surface area contributed by atoms with E-state index >= 15 is 0 Å². The maximum absolute atomic E-state index is 12.3. The lowest BCUT2D eigenvalue weighted by atomic mass is 9.94. The maximum Gasteiger partial charge on any atom is 0.387 e. The largest absolute Gasteiger partial charge is 0.493 e. The third-order valence-corrected chi connectivity index (χ3v) is 4.06. The van der Waals surface area contributed by atoms with Crippen LogP contribution in [0.25, 0.3) is 0 Å². The van der Waals surface area contributed by atoms with Gasteiger partial charge in [0, 0.05) is 6.07 Å². The Morgan fingerprint density at radius 2 is 1.86 bits per heavy atom. The van der Waals surface area contributed by atoms with Crippen molar-refractivity contribution in [3.63, 3.8) is 0 Å². The molecule has 5 nitrogen and oxygen atoms in total. The summed E-state index contributed by atoms with van der Waals surface area (Å²) in [6.45, 7) is 2.78. The molecular formula is C14H21F2NO4S. The van der Waals surface area contributed by atoms with Crippen LogP contribution in [0.1, 0.15) is 27.2 Å². The average Bonchev–Trinajstić information content (AvgIpc) is 2.35. The highest BCUT2D eigenvalue weighted by atomic mass is 32.2. The molecule has 0 aliphatic heterocycles. The summed E-state index contributed by atoms with van der Waals surface area (Å²) in [6, 6.07) is 3.95. The topological polar surface area (TPSA) is 64.6 Å². The zero-order valence-corrected chi connectivity index (χ0v) is 13.8. The van der Waals surface area contributed by atoms with Crippen LogP contribution in [0.5, 0.6) is 11.5 Å². The summed E-state index contributed by atoms with van der Waals surface area (Å²) in [4.78, 5) is 0. The van der Waals surface area contributed by atoms with Crippen molar-refractivity contribution in [3.8, 4) is 11.5 Å². The monoisotopic (exact) mass is 337 g/mol. The first-order valence-corrected chi connectivity index (χ1v) is 8.31. The van der Waals surface area contributed by atoms with Crippen LogP contribution in [0.2, 0.25) is 0 Å². The smallest absolute Gasteiger partial charge is 0.387 e. The van der Waals surface area contributed by atoms with E-state index in [1.165, 1.54) is 25.3 Å². The number of hydrogen-bond acceptors (Lipinski definition) is 4. The minimum absolute atomic E-state index is 0.0619. The Hall–Kier alpha value is -1.57. The van der Waals surface area contributed by atoms with Crippen molar-refractivity contribution in [1.29, 1.82) is 0 Å².